The largest absolute Gasteiger partial charge is 0.383 e. The van der Waals surface area contributed by atoms with Gasteiger partial charge in [-0.15, -0.1) is 0 Å². The van der Waals surface area contributed by atoms with Crippen LogP contribution in [0.25, 0.3) is 5.78 Å². The number of imidazole rings is 1. The number of fused-ring (bicyclic) bond motifs is 1. The van der Waals surface area contributed by atoms with Gasteiger partial charge in [0.1, 0.15) is 0 Å². The molecule has 0 aromatic carbocycles. The third-order valence-corrected chi connectivity index (χ3v) is 4.63. The minimum absolute atomic E-state index is 0.554. The average molecular weight is 317 g/mol. The first-order chi connectivity index (χ1) is 11.1. The molecule has 3 rings (SSSR count). The van der Waals surface area contributed by atoms with Crippen molar-refractivity contribution in [2.75, 3.05) is 39.9 Å². The number of hydrogen-bond donors (Lipinski definition) is 0. The number of nitrogens with zero attached hydrogens (tertiary/aromatic N) is 5. The van der Waals surface area contributed by atoms with Crippen molar-refractivity contribution in [3.63, 3.8) is 0 Å². The Balaban J connectivity index is 1.65. The van der Waals surface area contributed by atoms with Gasteiger partial charge in [-0.3, -0.25) is 14.2 Å². The summed E-state index contributed by atoms with van der Waals surface area (Å²) in [4.78, 5) is 14.2. The minimum Gasteiger partial charge on any atom is -0.383 e. The van der Waals surface area contributed by atoms with E-state index in [4.69, 9.17) is 9.72 Å². The molecule has 6 nitrogen and oxygen atoms in total. The number of piperazine rings is 1. The Morgan fingerprint density at radius 1 is 1.26 bits per heavy atom. The summed E-state index contributed by atoms with van der Waals surface area (Å²) in [7, 11) is 1.77. The Hall–Kier alpha value is -1.50. The molecule has 1 unspecified atom stereocenters. The number of aromatic nitrogens is 3. The van der Waals surface area contributed by atoms with Crippen molar-refractivity contribution < 1.29 is 4.74 Å². The summed E-state index contributed by atoms with van der Waals surface area (Å²) in [5.74, 6) is 0.810. The van der Waals surface area contributed by atoms with Crippen LogP contribution in [0.4, 0.5) is 0 Å². The van der Waals surface area contributed by atoms with Gasteiger partial charge in [0.15, 0.2) is 0 Å². The quantitative estimate of drug-likeness (QED) is 0.836. The number of aryl methyl sites for hydroxylation is 2. The SMILES string of the molecule is COCCN1CCN(Cc2cn3c(C)cc(C)nc3n2)CC1C. The van der Waals surface area contributed by atoms with Crippen molar-refractivity contribution in [1.29, 1.82) is 0 Å². The van der Waals surface area contributed by atoms with Gasteiger partial charge >= 0.3 is 0 Å². The highest BCUT2D eigenvalue weighted by atomic mass is 16.5. The predicted molar refractivity (Wildman–Crippen MR) is 90.6 cm³/mol. The second-order valence-corrected chi connectivity index (χ2v) is 6.55. The topological polar surface area (TPSA) is 45.9 Å². The molecule has 1 fully saturated rings. The van der Waals surface area contributed by atoms with E-state index < -0.39 is 0 Å². The third kappa shape index (κ3) is 3.71. The van der Waals surface area contributed by atoms with Crippen LogP contribution in [0.3, 0.4) is 0 Å². The Morgan fingerprint density at radius 2 is 2.09 bits per heavy atom. The van der Waals surface area contributed by atoms with Gasteiger partial charge in [-0.2, -0.15) is 0 Å². The van der Waals surface area contributed by atoms with E-state index in [-0.39, 0.29) is 0 Å². The Morgan fingerprint density at radius 3 is 2.83 bits per heavy atom. The highest BCUT2D eigenvalue weighted by molar-refractivity contribution is 5.34. The van der Waals surface area contributed by atoms with Gasteiger partial charge in [-0.25, -0.2) is 9.97 Å². The molecule has 0 bridgehead atoms. The molecule has 2 aromatic rings. The lowest BCUT2D eigenvalue weighted by molar-refractivity contribution is 0.0553. The fraction of sp³-hybridized carbons (Fsp3) is 0.647. The van der Waals surface area contributed by atoms with E-state index in [9.17, 15) is 0 Å². The molecule has 0 aliphatic carbocycles. The number of rotatable bonds is 5. The summed E-state index contributed by atoms with van der Waals surface area (Å²) in [6, 6.07) is 2.65. The van der Waals surface area contributed by atoms with E-state index in [1.165, 1.54) is 5.69 Å². The van der Waals surface area contributed by atoms with Crippen molar-refractivity contribution in [2.24, 2.45) is 0 Å². The first kappa shape index (κ1) is 16.4. The summed E-state index contributed by atoms with van der Waals surface area (Å²) in [6.07, 6.45) is 2.12. The summed E-state index contributed by atoms with van der Waals surface area (Å²) in [5.41, 5.74) is 3.31. The molecule has 6 heteroatoms. The first-order valence-electron chi connectivity index (χ1n) is 8.34. The summed E-state index contributed by atoms with van der Waals surface area (Å²) < 4.78 is 7.28. The molecule has 0 amide bonds. The maximum Gasteiger partial charge on any atom is 0.234 e. The number of hydrogen-bond acceptors (Lipinski definition) is 5. The summed E-state index contributed by atoms with van der Waals surface area (Å²) in [6.45, 7) is 12.4. The van der Waals surface area contributed by atoms with Crippen LogP contribution in [-0.4, -0.2) is 70.1 Å². The van der Waals surface area contributed by atoms with Crippen molar-refractivity contribution in [3.8, 4) is 0 Å². The number of ether oxygens (including phenoxy) is 1. The molecule has 3 heterocycles. The standard InChI is InChI=1S/C17H27N5O/c1-13-9-14(2)22-12-16(19-17(22)18-13)11-20-5-6-21(7-8-23-4)15(3)10-20/h9,12,15H,5-8,10-11H2,1-4H3. The van der Waals surface area contributed by atoms with Crippen LogP contribution in [0.5, 0.6) is 0 Å². The van der Waals surface area contributed by atoms with Crippen LogP contribution in [0.2, 0.25) is 0 Å². The molecule has 1 aliphatic rings. The average Bonchev–Trinajstić information content (AvgIpc) is 2.89. The van der Waals surface area contributed by atoms with Gasteiger partial charge in [0.05, 0.1) is 12.3 Å². The van der Waals surface area contributed by atoms with Crippen LogP contribution in [0, 0.1) is 13.8 Å². The van der Waals surface area contributed by atoms with Gasteiger partial charge in [0.25, 0.3) is 0 Å². The van der Waals surface area contributed by atoms with E-state index >= 15 is 0 Å². The molecule has 0 spiro atoms. The highest BCUT2D eigenvalue weighted by Gasteiger charge is 2.23. The van der Waals surface area contributed by atoms with Crippen molar-refractivity contribution in [3.05, 3.63) is 29.3 Å². The van der Waals surface area contributed by atoms with Crippen LogP contribution in [-0.2, 0) is 11.3 Å². The highest BCUT2D eigenvalue weighted by Crippen LogP contribution is 2.14. The smallest absolute Gasteiger partial charge is 0.234 e. The van der Waals surface area contributed by atoms with Crippen molar-refractivity contribution in [1.82, 2.24) is 24.2 Å². The zero-order valence-electron chi connectivity index (χ0n) is 14.6. The summed E-state index contributed by atoms with van der Waals surface area (Å²) >= 11 is 0. The normalized spacial score (nSPS) is 20.4. The monoisotopic (exact) mass is 317 g/mol. The van der Waals surface area contributed by atoms with Crippen molar-refractivity contribution in [2.45, 2.75) is 33.4 Å². The third-order valence-electron chi connectivity index (χ3n) is 4.63. The van der Waals surface area contributed by atoms with E-state index in [1.807, 2.05) is 6.92 Å². The molecule has 0 radical (unpaired) electrons. The zero-order chi connectivity index (χ0) is 16.4. The van der Waals surface area contributed by atoms with E-state index in [0.717, 1.165) is 56.5 Å². The molecular formula is C17H27N5O. The lowest BCUT2D eigenvalue weighted by atomic mass is 10.2. The molecular weight excluding hydrogens is 290 g/mol. The van der Waals surface area contributed by atoms with Gasteiger partial charge in [0, 0.05) is 63.5 Å². The first-order valence-corrected chi connectivity index (χ1v) is 8.34. The fourth-order valence-corrected chi connectivity index (χ4v) is 3.38. The lowest BCUT2D eigenvalue weighted by Crippen LogP contribution is -2.52. The van der Waals surface area contributed by atoms with Crippen LogP contribution < -0.4 is 0 Å². The molecule has 2 aromatic heterocycles. The maximum atomic E-state index is 5.19. The van der Waals surface area contributed by atoms with Gasteiger partial charge in [0.2, 0.25) is 5.78 Å². The molecule has 1 aliphatic heterocycles. The maximum absolute atomic E-state index is 5.19. The van der Waals surface area contributed by atoms with Crippen LogP contribution in [0.15, 0.2) is 12.3 Å². The fourth-order valence-electron chi connectivity index (χ4n) is 3.38. The molecule has 23 heavy (non-hydrogen) atoms. The Bertz CT molecular complexity index is 668. The van der Waals surface area contributed by atoms with E-state index in [0.29, 0.717) is 6.04 Å². The molecule has 126 valence electrons. The van der Waals surface area contributed by atoms with Gasteiger partial charge in [-0.1, -0.05) is 0 Å². The van der Waals surface area contributed by atoms with E-state index in [2.05, 4.69) is 45.3 Å². The van der Waals surface area contributed by atoms with Crippen LogP contribution in [0.1, 0.15) is 24.0 Å². The molecule has 1 atom stereocenters. The summed E-state index contributed by atoms with van der Waals surface area (Å²) in [5, 5.41) is 0. The van der Waals surface area contributed by atoms with Gasteiger partial charge < -0.3 is 4.74 Å². The Kier molecular flexibility index (Phi) is 4.94. The predicted octanol–water partition coefficient (Wildman–Crippen LogP) is 1.50. The minimum atomic E-state index is 0.554. The molecule has 0 N–H and O–H groups in total. The second-order valence-electron chi connectivity index (χ2n) is 6.55. The van der Waals surface area contributed by atoms with Crippen LogP contribution >= 0.6 is 0 Å². The van der Waals surface area contributed by atoms with Gasteiger partial charge in [-0.05, 0) is 26.8 Å². The molecule has 0 saturated carbocycles. The van der Waals surface area contributed by atoms with E-state index in [1.54, 1.807) is 7.11 Å². The second kappa shape index (κ2) is 6.95. The number of methoxy groups -OCH3 is 1. The van der Waals surface area contributed by atoms with Crippen molar-refractivity contribution >= 4 is 5.78 Å². The lowest BCUT2D eigenvalue weighted by Gasteiger charge is -2.39. The Labute approximate surface area is 138 Å². The molecule has 1 saturated heterocycles. The zero-order valence-corrected chi connectivity index (χ0v) is 14.6.